The molecule has 1 amide bonds. The Kier molecular flexibility index (Phi) is 4.90. The Morgan fingerprint density at radius 3 is 2.60 bits per heavy atom. The molecule has 0 atom stereocenters. The Labute approximate surface area is 171 Å². The zero-order chi connectivity index (χ0) is 21.3. The van der Waals surface area contributed by atoms with Crippen LogP contribution in [0.4, 0.5) is 17.1 Å². The third kappa shape index (κ3) is 3.84. The first-order chi connectivity index (χ1) is 14.3. The molecule has 2 aromatic rings. The average Bonchev–Trinajstić information content (AvgIpc) is 3.31. The largest absolute Gasteiger partial charge is 0.452 e. The van der Waals surface area contributed by atoms with Crippen LogP contribution >= 0.6 is 0 Å². The number of rotatable bonds is 5. The maximum absolute atomic E-state index is 12.1. The highest BCUT2D eigenvalue weighted by Gasteiger charge is 2.44. The zero-order valence-corrected chi connectivity index (χ0v) is 15.9. The van der Waals surface area contributed by atoms with Crippen LogP contribution in [0, 0.1) is 10.1 Å². The van der Waals surface area contributed by atoms with E-state index in [0.717, 1.165) is 31.7 Å². The van der Waals surface area contributed by atoms with Gasteiger partial charge in [0.15, 0.2) is 18.1 Å². The minimum atomic E-state index is -0.873. The van der Waals surface area contributed by atoms with Crippen molar-refractivity contribution >= 4 is 28.9 Å². The molecule has 0 saturated heterocycles. The van der Waals surface area contributed by atoms with Crippen LogP contribution < -0.4 is 20.5 Å². The summed E-state index contributed by atoms with van der Waals surface area (Å²) in [7, 11) is 0. The molecule has 2 aromatic carbocycles. The summed E-state index contributed by atoms with van der Waals surface area (Å²) >= 11 is 0. The van der Waals surface area contributed by atoms with E-state index < -0.39 is 34.9 Å². The normalized spacial score (nSPS) is 15.7. The summed E-state index contributed by atoms with van der Waals surface area (Å²) in [6.45, 7) is -0.560. The molecule has 10 heteroatoms. The molecule has 1 aliphatic carbocycles. The number of fused-ring (bicyclic) bond motifs is 1. The van der Waals surface area contributed by atoms with Crippen molar-refractivity contribution in [1.29, 1.82) is 0 Å². The summed E-state index contributed by atoms with van der Waals surface area (Å²) in [4.78, 5) is 34.4. The van der Waals surface area contributed by atoms with Crippen LogP contribution in [0.15, 0.2) is 36.4 Å². The first-order valence-corrected chi connectivity index (χ1v) is 9.38. The van der Waals surface area contributed by atoms with Crippen LogP contribution in [0.5, 0.6) is 11.5 Å². The van der Waals surface area contributed by atoms with E-state index in [4.69, 9.17) is 19.9 Å². The van der Waals surface area contributed by atoms with Crippen molar-refractivity contribution in [1.82, 2.24) is 0 Å². The van der Waals surface area contributed by atoms with Crippen molar-refractivity contribution in [2.75, 3.05) is 17.7 Å². The fraction of sp³-hybridized carbons (Fsp3) is 0.300. The number of benzene rings is 2. The summed E-state index contributed by atoms with van der Waals surface area (Å²) in [6.07, 6.45) is 3.73. The van der Waals surface area contributed by atoms with E-state index in [9.17, 15) is 19.7 Å². The Morgan fingerprint density at radius 2 is 1.87 bits per heavy atom. The number of nitrogens with two attached hydrogens (primary N) is 1. The van der Waals surface area contributed by atoms with E-state index in [0.29, 0.717) is 17.2 Å². The van der Waals surface area contributed by atoms with Crippen LogP contribution in [0.3, 0.4) is 0 Å². The number of nitrogen functional groups attached to an aromatic ring is 1. The van der Waals surface area contributed by atoms with Gasteiger partial charge in [0.1, 0.15) is 5.69 Å². The van der Waals surface area contributed by atoms with Gasteiger partial charge in [0, 0.05) is 30.7 Å². The minimum Gasteiger partial charge on any atom is -0.452 e. The molecule has 30 heavy (non-hydrogen) atoms. The van der Waals surface area contributed by atoms with Gasteiger partial charge in [-0.3, -0.25) is 14.9 Å². The van der Waals surface area contributed by atoms with E-state index in [1.807, 2.05) is 0 Å². The molecule has 1 aliphatic heterocycles. The van der Waals surface area contributed by atoms with Crippen LogP contribution in [-0.4, -0.2) is 29.2 Å². The lowest BCUT2D eigenvalue weighted by Crippen LogP contribution is -2.34. The predicted molar refractivity (Wildman–Crippen MR) is 105 cm³/mol. The highest BCUT2D eigenvalue weighted by Crippen LogP contribution is 2.47. The number of nitro groups is 1. The number of amides is 1. The molecule has 1 heterocycles. The van der Waals surface area contributed by atoms with E-state index in [1.165, 1.54) is 12.1 Å². The van der Waals surface area contributed by atoms with E-state index in [-0.39, 0.29) is 11.3 Å². The van der Waals surface area contributed by atoms with Crippen molar-refractivity contribution in [3.8, 4) is 11.5 Å². The quantitative estimate of drug-likeness (QED) is 0.329. The smallest absolute Gasteiger partial charge is 0.338 e. The minimum absolute atomic E-state index is 0.0727. The lowest BCUT2D eigenvalue weighted by atomic mass is 10.2. The van der Waals surface area contributed by atoms with Gasteiger partial charge in [0.2, 0.25) is 0 Å². The fourth-order valence-electron chi connectivity index (χ4n) is 3.53. The number of nitrogens with one attached hydrogen (secondary N) is 1. The summed E-state index contributed by atoms with van der Waals surface area (Å²) in [5, 5.41) is 13.5. The van der Waals surface area contributed by atoms with Gasteiger partial charge in [-0.1, -0.05) is 0 Å². The topological polar surface area (TPSA) is 143 Å². The molecule has 2 aliphatic rings. The maximum Gasteiger partial charge on any atom is 0.338 e. The predicted octanol–water partition coefficient (Wildman–Crippen LogP) is 3.01. The zero-order valence-electron chi connectivity index (χ0n) is 15.9. The molecule has 1 fully saturated rings. The van der Waals surface area contributed by atoms with Gasteiger partial charge < -0.3 is 25.3 Å². The second kappa shape index (κ2) is 7.54. The van der Waals surface area contributed by atoms with Gasteiger partial charge in [0.25, 0.3) is 17.4 Å². The van der Waals surface area contributed by atoms with Gasteiger partial charge in [0.05, 0.1) is 10.5 Å². The molecule has 0 radical (unpaired) electrons. The van der Waals surface area contributed by atoms with E-state index in [2.05, 4.69) is 5.32 Å². The number of hydrogen-bond acceptors (Lipinski definition) is 8. The monoisotopic (exact) mass is 413 g/mol. The second-order valence-electron chi connectivity index (χ2n) is 7.14. The number of nitro benzene ring substituents is 1. The van der Waals surface area contributed by atoms with Crippen molar-refractivity contribution in [3.63, 3.8) is 0 Å². The Hall–Kier alpha value is -3.82. The highest BCUT2D eigenvalue weighted by atomic mass is 16.7. The number of carbonyl (C=O) groups is 2. The summed E-state index contributed by atoms with van der Waals surface area (Å²) in [5.74, 6) is -0.848. The Bertz CT molecular complexity index is 1030. The third-order valence-corrected chi connectivity index (χ3v) is 4.98. The second-order valence-corrected chi connectivity index (χ2v) is 7.14. The molecule has 0 bridgehead atoms. The van der Waals surface area contributed by atoms with Gasteiger partial charge in [-0.25, -0.2) is 4.79 Å². The molecule has 0 unspecified atom stereocenters. The number of nitrogens with zero attached hydrogens (tertiary/aromatic N) is 1. The number of anilines is 2. The van der Waals surface area contributed by atoms with Crippen LogP contribution in [-0.2, 0) is 9.53 Å². The molecule has 10 nitrogen and oxygen atoms in total. The molecule has 1 spiro atoms. The van der Waals surface area contributed by atoms with Crippen LogP contribution in [0.1, 0.15) is 36.0 Å². The van der Waals surface area contributed by atoms with Crippen LogP contribution in [0.2, 0.25) is 0 Å². The van der Waals surface area contributed by atoms with Gasteiger partial charge in [-0.15, -0.1) is 0 Å². The van der Waals surface area contributed by atoms with Gasteiger partial charge >= 0.3 is 5.97 Å². The van der Waals surface area contributed by atoms with Gasteiger partial charge in [-0.05, 0) is 37.1 Å². The first-order valence-electron chi connectivity index (χ1n) is 9.38. The first kappa shape index (κ1) is 19.5. The molecule has 0 aromatic heterocycles. The third-order valence-electron chi connectivity index (χ3n) is 4.98. The lowest BCUT2D eigenvalue weighted by molar-refractivity contribution is -0.383. The van der Waals surface area contributed by atoms with Crippen LogP contribution in [0.25, 0.3) is 0 Å². The SMILES string of the molecule is Nc1ccc(C(=O)OCC(=O)Nc2ccc3c(c2)OC2(CCCC2)O3)cc1[N+](=O)[O-]. The highest BCUT2D eigenvalue weighted by molar-refractivity contribution is 5.96. The summed E-state index contributed by atoms with van der Waals surface area (Å²) in [5.41, 5.74) is 5.41. The number of hydrogen-bond donors (Lipinski definition) is 2. The molecule has 3 N–H and O–H groups in total. The summed E-state index contributed by atoms with van der Waals surface area (Å²) in [6, 6.07) is 8.58. The van der Waals surface area contributed by atoms with E-state index >= 15 is 0 Å². The lowest BCUT2D eigenvalue weighted by Gasteiger charge is -2.21. The number of esters is 1. The molecule has 156 valence electrons. The maximum atomic E-state index is 12.1. The standard InChI is InChI=1S/C20H19N3O7/c21-14-5-3-12(9-15(14)23(26)27)19(25)28-11-18(24)22-13-4-6-16-17(10-13)30-20(29-16)7-1-2-8-20/h3-6,9-10H,1-2,7-8,11,21H2,(H,22,24). The fourth-order valence-corrected chi connectivity index (χ4v) is 3.53. The number of carbonyl (C=O) groups excluding carboxylic acids is 2. The van der Waals surface area contributed by atoms with Crippen molar-refractivity contribution in [3.05, 3.63) is 52.1 Å². The number of ether oxygens (including phenoxy) is 3. The Balaban J connectivity index is 1.34. The molecular weight excluding hydrogens is 394 g/mol. The van der Waals surface area contributed by atoms with Gasteiger partial charge in [-0.2, -0.15) is 0 Å². The van der Waals surface area contributed by atoms with Crippen molar-refractivity contribution < 1.29 is 28.7 Å². The molecule has 1 saturated carbocycles. The molecule has 4 rings (SSSR count). The molecular formula is C20H19N3O7. The van der Waals surface area contributed by atoms with E-state index in [1.54, 1.807) is 18.2 Å². The van der Waals surface area contributed by atoms with Crippen molar-refractivity contribution in [2.45, 2.75) is 31.5 Å². The Morgan fingerprint density at radius 1 is 1.13 bits per heavy atom. The summed E-state index contributed by atoms with van der Waals surface area (Å²) < 4.78 is 16.8. The van der Waals surface area contributed by atoms with Crippen molar-refractivity contribution in [2.24, 2.45) is 0 Å². The average molecular weight is 413 g/mol.